The van der Waals surface area contributed by atoms with E-state index in [1.165, 1.54) is 34.8 Å². The van der Waals surface area contributed by atoms with E-state index in [1.807, 2.05) is 19.1 Å². The van der Waals surface area contributed by atoms with Crippen LogP contribution in [0.1, 0.15) is 89.5 Å². The summed E-state index contributed by atoms with van der Waals surface area (Å²) < 4.78 is 17.3. The Kier molecular flexibility index (Phi) is 8.50. The minimum absolute atomic E-state index is 0.0826. The van der Waals surface area contributed by atoms with Crippen molar-refractivity contribution in [3.63, 3.8) is 0 Å². The summed E-state index contributed by atoms with van der Waals surface area (Å²) in [5.74, 6) is -0.305. The molecule has 4 nitrogen and oxygen atoms in total. The molecule has 1 aromatic rings. The van der Waals surface area contributed by atoms with Crippen LogP contribution in [0.3, 0.4) is 0 Å². The fourth-order valence-electron chi connectivity index (χ4n) is 4.47. The summed E-state index contributed by atoms with van der Waals surface area (Å²) >= 11 is 0. The highest BCUT2D eigenvalue weighted by Crippen LogP contribution is 2.44. The van der Waals surface area contributed by atoms with Gasteiger partial charge in [0.2, 0.25) is 0 Å². The molecule has 0 amide bonds. The fourth-order valence-corrected chi connectivity index (χ4v) is 4.47. The van der Waals surface area contributed by atoms with E-state index >= 15 is 0 Å². The Balaban J connectivity index is 1.79. The van der Waals surface area contributed by atoms with Crippen molar-refractivity contribution in [2.75, 3.05) is 13.2 Å². The normalized spacial score (nSPS) is 23.8. The first-order valence-corrected chi connectivity index (χ1v) is 11.9. The quantitative estimate of drug-likeness (QED) is 0.266. The molecule has 0 saturated carbocycles. The molecule has 3 rings (SSSR count). The lowest BCUT2D eigenvalue weighted by Crippen LogP contribution is -2.31. The lowest BCUT2D eigenvalue weighted by atomic mass is 9.71. The summed E-state index contributed by atoms with van der Waals surface area (Å²) in [5.41, 5.74) is 6.04. The minimum atomic E-state index is -0.305. The van der Waals surface area contributed by atoms with E-state index in [1.54, 1.807) is 6.92 Å². The highest BCUT2D eigenvalue weighted by Gasteiger charge is 2.34. The third-order valence-corrected chi connectivity index (χ3v) is 6.41. The van der Waals surface area contributed by atoms with Gasteiger partial charge in [-0.15, -0.1) is 0 Å². The summed E-state index contributed by atoms with van der Waals surface area (Å²) in [6.07, 6.45) is 12.9. The second-order valence-corrected chi connectivity index (χ2v) is 9.49. The van der Waals surface area contributed by atoms with Gasteiger partial charge in [0.1, 0.15) is 0 Å². The third-order valence-electron chi connectivity index (χ3n) is 6.41. The Morgan fingerprint density at radius 3 is 2.75 bits per heavy atom. The standard InChI is InChI=1S/C28H38O4/c1-6-30-26(29)18-20(2)10-9-11-21(3)22-13-14-24-23(19-22)25(15-16-28(24,4)5)32-27-12-7-8-17-31-27/h9-11,13-14,18-19,25,27H,6-8,12,15-17H2,1-5H3. The van der Waals surface area contributed by atoms with Crippen molar-refractivity contribution in [2.45, 2.75) is 84.5 Å². The van der Waals surface area contributed by atoms with Crippen molar-refractivity contribution in [1.82, 2.24) is 0 Å². The molecule has 174 valence electrons. The van der Waals surface area contributed by atoms with Gasteiger partial charge in [0.25, 0.3) is 0 Å². The second kappa shape index (κ2) is 11.1. The van der Waals surface area contributed by atoms with Crippen molar-refractivity contribution >= 4 is 11.5 Å². The number of allylic oxidation sites excluding steroid dienone is 5. The van der Waals surface area contributed by atoms with Gasteiger partial charge in [-0.05, 0) is 92.2 Å². The number of hydrogen-bond donors (Lipinski definition) is 0. The van der Waals surface area contributed by atoms with Gasteiger partial charge in [0.15, 0.2) is 6.29 Å². The molecule has 32 heavy (non-hydrogen) atoms. The summed E-state index contributed by atoms with van der Waals surface area (Å²) in [7, 11) is 0. The second-order valence-electron chi connectivity index (χ2n) is 9.49. The molecule has 2 aliphatic rings. The Morgan fingerprint density at radius 2 is 2.03 bits per heavy atom. The summed E-state index contributed by atoms with van der Waals surface area (Å²) in [5, 5.41) is 0. The minimum Gasteiger partial charge on any atom is -0.463 e. The number of esters is 1. The van der Waals surface area contributed by atoms with Gasteiger partial charge < -0.3 is 14.2 Å². The van der Waals surface area contributed by atoms with Crippen LogP contribution in [-0.2, 0) is 24.4 Å². The van der Waals surface area contributed by atoms with Gasteiger partial charge in [-0.3, -0.25) is 0 Å². The molecular weight excluding hydrogens is 400 g/mol. The first-order chi connectivity index (χ1) is 15.3. The zero-order valence-electron chi connectivity index (χ0n) is 20.3. The van der Waals surface area contributed by atoms with E-state index < -0.39 is 0 Å². The van der Waals surface area contributed by atoms with Crippen molar-refractivity contribution in [1.29, 1.82) is 0 Å². The van der Waals surface area contributed by atoms with Gasteiger partial charge >= 0.3 is 5.97 Å². The molecule has 1 aromatic carbocycles. The van der Waals surface area contributed by atoms with E-state index in [2.05, 4.69) is 45.0 Å². The Hall–Kier alpha value is -2.17. The van der Waals surface area contributed by atoms with Crippen molar-refractivity contribution in [3.05, 3.63) is 64.8 Å². The molecule has 1 fully saturated rings. The van der Waals surface area contributed by atoms with Gasteiger partial charge in [-0.25, -0.2) is 4.79 Å². The van der Waals surface area contributed by atoms with Crippen LogP contribution >= 0.6 is 0 Å². The first-order valence-electron chi connectivity index (χ1n) is 11.9. The maximum atomic E-state index is 11.6. The number of benzene rings is 1. The maximum Gasteiger partial charge on any atom is 0.330 e. The maximum absolute atomic E-state index is 11.6. The zero-order chi connectivity index (χ0) is 23.1. The molecule has 0 aromatic heterocycles. The molecule has 0 bridgehead atoms. The van der Waals surface area contributed by atoms with Crippen LogP contribution < -0.4 is 0 Å². The van der Waals surface area contributed by atoms with E-state index in [9.17, 15) is 4.79 Å². The fraction of sp³-hybridized carbons (Fsp3) is 0.536. The number of hydrogen-bond acceptors (Lipinski definition) is 4. The van der Waals surface area contributed by atoms with Crippen LogP contribution in [0.25, 0.3) is 5.57 Å². The Bertz CT molecular complexity index is 885. The molecule has 2 unspecified atom stereocenters. The van der Waals surface area contributed by atoms with Crippen LogP contribution in [0.5, 0.6) is 0 Å². The highest BCUT2D eigenvalue weighted by molar-refractivity contribution is 5.83. The lowest BCUT2D eigenvalue weighted by Gasteiger charge is -2.39. The molecule has 1 aliphatic heterocycles. The van der Waals surface area contributed by atoms with Crippen LogP contribution in [0.15, 0.2) is 48.1 Å². The third kappa shape index (κ3) is 6.43. The number of carbonyl (C=O) groups is 1. The largest absolute Gasteiger partial charge is 0.463 e. The highest BCUT2D eigenvalue weighted by atomic mass is 16.7. The van der Waals surface area contributed by atoms with E-state index in [0.29, 0.717) is 6.61 Å². The Labute approximate surface area is 193 Å². The van der Waals surface area contributed by atoms with Crippen molar-refractivity contribution < 1.29 is 19.0 Å². The molecule has 0 spiro atoms. The van der Waals surface area contributed by atoms with E-state index in [4.69, 9.17) is 14.2 Å². The van der Waals surface area contributed by atoms with E-state index in [-0.39, 0.29) is 23.8 Å². The number of rotatable bonds is 7. The van der Waals surface area contributed by atoms with Gasteiger partial charge in [0, 0.05) is 12.7 Å². The molecule has 0 N–H and O–H groups in total. The van der Waals surface area contributed by atoms with Crippen LogP contribution in [0, 0.1) is 0 Å². The first kappa shape index (κ1) is 24.5. The van der Waals surface area contributed by atoms with Crippen LogP contribution in [-0.4, -0.2) is 25.5 Å². The average Bonchev–Trinajstić information content (AvgIpc) is 2.76. The van der Waals surface area contributed by atoms with Crippen LogP contribution in [0.4, 0.5) is 0 Å². The molecule has 0 radical (unpaired) electrons. The summed E-state index contributed by atoms with van der Waals surface area (Å²) in [6, 6.07) is 6.78. The molecule has 1 heterocycles. The lowest BCUT2D eigenvalue weighted by molar-refractivity contribution is -0.193. The number of fused-ring (bicyclic) bond motifs is 1. The van der Waals surface area contributed by atoms with Crippen molar-refractivity contribution in [3.8, 4) is 0 Å². The van der Waals surface area contributed by atoms with Crippen LogP contribution in [0.2, 0.25) is 0 Å². The van der Waals surface area contributed by atoms with E-state index in [0.717, 1.165) is 37.9 Å². The summed E-state index contributed by atoms with van der Waals surface area (Å²) in [4.78, 5) is 11.6. The summed E-state index contributed by atoms with van der Waals surface area (Å²) in [6.45, 7) is 11.6. The topological polar surface area (TPSA) is 44.8 Å². The monoisotopic (exact) mass is 438 g/mol. The molecular formula is C28H38O4. The number of ether oxygens (including phenoxy) is 3. The average molecular weight is 439 g/mol. The predicted molar refractivity (Wildman–Crippen MR) is 129 cm³/mol. The number of carbonyl (C=O) groups excluding carboxylic acids is 1. The molecule has 2 atom stereocenters. The molecule has 4 heteroatoms. The van der Waals surface area contributed by atoms with Gasteiger partial charge in [-0.1, -0.05) is 44.2 Å². The van der Waals surface area contributed by atoms with Crippen molar-refractivity contribution in [2.24, 2.45) is 0 Å². The molecule has 1 saturated heterocycles. The van der Waals surface area contributed by atoms with Gasteiger partial charge in [-0.2, -0.15) is 0 Å². The SMILES string of the molecule is CCOC(=O)C=C(C)C=CC=C(C)c1ccc2c(c1)C(OC1CCCCO1)CCC2(C)C. The predicted octanol–water partition coefficient (Wildman–Crippen LogP) is 6.81. The molecule has 1 aliphatic carbocycles. The smallest absolute Gasteiger partial charge is 0.330 e. The zero-order valence-corrected chi connectivity index (χ0v) is 20.3. The Morgan fingerprint density at radius 1 is 1.22 bits per heavy atom. The van der Waals surface area contributed by atoms with Gasteiger partial charge in [0.05, 0.1) is 12.7 Å².